The molecule has 0 aliphatic heterocycles. The molecule has 0 bridgehead atoms. The first-order chi connectivity index (χ1) is 12.2. The molecule has 0 fully saturated rings. The van der Waals surface area contributed by atoms with Crippen molar-refractivity contribution in [1.82, 2.24) is 10.6 Å². The lowest BCUT2D eigenvalue weighted by molar-refractivity contribution is -0.139. The van der Waals surface area contributed by atoms with Gasteiger partial charge in [-0.2, -0.15) is 0 Å². The van der Waals surface area contributed by atoms with Gasteiger partial charge in [-0.1, -0.05) is 0 Å². The molecule has 0 spiro atoms. The van der Waals surface area contributed by atoms with Crippen molar-refractivity contribution in [2.75, 3.05) is 6.54 Å². The van der Waals surface area contributed by atoms with Crippen molar-refractivity contribution in [3.63, 3.8) is 0 Å². The quantitative estimate of drug-likeness (QED) is 0.583. The van der Waals surface area contributed by atoms with Gasteiger partial charge in [0.15, 0.2) is 9.84 Å². The van der Waals surface area contributed by atoms with Gasteiger partial charge in [0.2, 0.25) is 0 Å². The molecule has 0 unspecified atom stereocenters. The van der Waals surface area contributed by atoms with Crippen molar-refractivity contribution in [1.29, 1.82) is 0 Å². The maximum Gasteiger partial charge on any atom is 0.309 e. The molecule has 0 aliphatic rings. The van der Waals surface area contributed by atoms with E-state index in [1.807, 2.05) is 0 Å². The van der Waals surface area contributed by atoms with Crippen molar-refractivity contribution in [2.24, 2.45) is 0 Å². The Morgan fingerprint density at radius 3 is 2.31 bits per heavy atom. The summed E-state index contributed by atoms with van der Waals surface area (Å²) in [6, 6.07) is 7.04. The van der Waals surface area contributed by atoms with Crippen molar-refractivity contribution in [3.05, 3.63) is 54.2 Å². The van der Waals surface area contributed by atoms with Gasteiger partial charge in [-0.25, -0.2) is 12.8 Å². The van der Waals surface area contributed by atoms with Gasteiger partial charge >= 0.3 is 11.8 Å². The predicted octanol–water partition coefficient (Wildman–Crippen LogP) is 1.57. The summed E-state index contributed by atoms with van der Waals surface area (Å²) >= 11 is 0. The fourth-order valence-corrected chi connectivity index (χ4v) is 3.81. The number of furan rings is 1. The monoisotopic (exact) mass is 382 g/mol. The lowest BCUT2D eigenvalue weighted by Crippen LogP contribution is -2.44. The van der Waals surface area contributed by atoms with Crippen LogP contribution in [0.15, 0.2) is 52.0 Å². The Kier molecular flexibility index (Phi) is 6.14. The zero-order valence-corrected chi connectivity index (χ0v) is 15.0. The minimum atomic E-state index is -3.99. The van der Waals surface area contributed by atoms with Crippen LogP contribution in [0.2, 0.25) is 0 Å². The Bertz CT molecular complexity index is 861. The molecule has 9 heteroatoms. The molecular formula is C17H19FN2O5S. The molecule has 0 saturated heterocycles. The third-order valence-electron chi connectivity index (χ3n) is 3.45. The number of halogens is 1. The number of rotatable bonds is 6. The van der Waals surface area contributed by atoms with E-state index in [1.54, 1.807) is 13.8 Å². The molecule has 2 aromatic rings. The number of hydrogen-bond donors (Lipinski definition) is 2. The second-order valence-electron chi connectivity index (χ2n) is 5.84. The maximum absolute atomic E-state index is 13.1. The van der Waals surface area contributed by atoms with E-state index in [2.05, 4.69) is 10.6 Å². The van der Waals surface area contributed by atoms with Crippen LogP contribution in [-0.4, -0.2) is 32.8 Å². The molecule has 0 aliphatic carbocycles. The number of carbonyl (C=O) groups excluding carboxylic acids is 2. The predicted molar refractivity (Wildman–Crippen MR) is 91.3 cm³/mol. The zero-order valence-electron chi connectivity index (χ0n) is 14.2. The molecule has 1 atom stereocenters. The zero-order chi connectivity index (χ0) is 19.3. The van der Waals surface area contributed by atoms with E-state index in [0.717, 1.165) is 24.3 Å². The fraction of sp³-hybridized carbons (Fsp3) is 0.294. The largest absolute Gasteiger partial charge is 0.468 e. The highest BCUT2D eigenvalue weighted by molar-refractivity contribution is 7.91. The molecule has 26 heavy (non-hydrogen) atoms. The fourth-order valence-electron chi connectivity index (χ4n) is 2.22. The number of amides is 2. The van der Waals surface area contributed by atoms with Crippen molar-refractivity contribution in [3.8, 4) is 0 Å². The van der Waals surface area contributed by atoms with Crippen LogP contribution in [0.1, 0.15) is 24.9 Å². The summed E-state index contributed by atoms with van der Waals surface area (Å²) in [5.41, 5.74) is 0. The van der Waals surface area contributed by atoms with Crippen molar-refractivity contribution >= 4 is 21.7 Å². The van der Waals surface area contributed by atoms with Gasteiger partial charge < -0.3 is 15.1 Å². The molecule has 2 rings (SSSR count). The van der Waals surface area contributed by atoms with Gasteiger partial charge in [-0.15, -0.1) is 0 Å². The molecule has 2 N–H and O–H groups in total. The first-order valence-electron chi connectivity index (χ1n) is 7.83. The highest BCUT2D eigenvalue weighted by Gasteiger charge is 2.32. The lowest BCUT2D eigenvalue weighted by Gasteiger charge is -2.17. The molecular weight excluding hydrogens is 363 g/mol. The molecule has 7 nitrogen and oxygen atoms in total. The summed E-state index contributed by atoms with van der Waals surface area (Å²) in [4.78, 5) is 23.4. The maximum atomic E-state index is 13.1. The van der Waals surface area contributed by atoms with Gasteiger partial charge in [0.1, 0.15) is 16.8 Å². The molecule has 140 valence electrons. The summed E-state index contributed by atoms with van der Waals surface area (Å²) in [6.07, 6.45) is 1.30. The normalized spacial score (nSPS) is 12.6. The Balaban J connectivity index is 2.24. The third kappa shape index (κ3) is 4.69. The number of carbonyl (C=O) groups is 2. The second kappa shape index (κ2) is 8.13. The summed E-state index contributed by atoms with van der Waals surface area (Å²) in [7, 11) is -3.99. The minimum Gasteiger partial charge on any atom is -0.468 e. The molecule has 0 saturated carbocycles. The smallest absolute Gasteiger partial charge is 0.309 e. The number of sulfone groups is 1. The molecule has 0 radical (unpaired) electrons. The van der Waals surface area contributed by atoms with Crippen LogP contribution in [0.25, 0.3) is 0 Å². The summed E-state index contributed by atoms with van der Waals surface area (Å²) in [5.74, 6) is -2.29. The number of hydrogen-bond acceptors (Lipinski definition) is 5. The second-order valence-corrected chi connectivity index (χ2v) is 7.97. The lowest BCUT2D eigenvalue weighted by atomic mass is 10.3. The third-order valence-corrected chi connectivity index (χ3v) is 5.53. The number of nitrogens with one attached hydrogen (secondary N) is 2. The molecule has 1 heterocycles. The standard InChI is InChI=1S/C17H19FN2O5S/c1-11(2)20-17(22)16(21)19-10-15(14-4-3-9-25-14)26(23,24)13-7-5-12(18)6-8-13/h3-9,11,15H,10H2,1-2H3,(H,19,21)(H,20,22)/t15-/m0/s1. The van der Waals surface area contributed by atoms with Crippen molar-refractivity contribution < 1.29 is 26.8 Å². The van der Waals surface area contributed by atoms with Crippen LogP contribution in [0.4, 0.5) is 4.39 Å². The average Bonchev–Trinajstić information content (AvgIpc) is 3.08. The Morgan fingerprint density at radius 2 is 1.77 bits per heavy atom. The Hall–Kier alpha value is -2.68. The van der Waals surface area contributed by atoms with Crippen LogP contribution in [0.5, 0.6) is 0 Å². The average molecular weight is 382 g/mol. The molecule has 1 aromatic carbocycles. The number of benzene rings is 1. The van der Waals surface area contributed by atoms with E-state index in [1.165, 1.54) is 18.4 Å². The highest BCUT2D eigenvalue weighted by Crippen LogP contribution is 2.29. The van der Waals surface area contributed by atoms with E-state index < -0.39 is 32.7 Å². The summed E-state index contributed by atoms with van der Waals surface area (Å²) in [6.45, 7) is 3.00. The SMILES string of the molecule is CC(C)NC(=O)C(=O)NC[C@@H](c1ccco1)S(=O)(=O)c1ccc(F)cc1. The van der Waals surface area contributed by atoms with E-state index in [9.17, 15) is 22.4 Å². The topological polar surface area (TPSA) is 105 Å². The Labute approximate surface area is 150 Å². The van der Waals surface area contributed by atoms with Crippen LogP contribution in [0, 0.1) is 5.82 Å². The first-order valence-corrected chi connectivity index (χ1v) is 9.38. The van der Waals surface area contributed by atoms with Gasteiger partial charge in [0.25, 0.3) is 0 Å². The van der Waals surface area contributed by atoms with Crippen LogP contribution < -0.4 is 10.6 Å². The van der Waals surface area contributed by atoms with Gasteiger partial charge in [-0.3, -0.25) is 9.59 Å². The van der Waals surface area contributed by atoms with Gasteiger partial charge in [-0.05, 0) is 50.2 Å². The highest BCUT2D eigenvalue weighted by atomic mass is 32.2. The van der Waals surface area contributed by atoms with E-state index in [-0.39, 0.29) is 23.2 Å². The van der Waals surface area contributed by atoms with Gasteiger partial charge in [0.05, 0.1) is 11.2 Å². The Morgan fingerprint density at radius 1 is 1.12 bits per heavy atom. The van der Waals surface area contributed by atoms with Crippen LogP contribution in [0.3, 0.4) is 0 Å². The van der Waals surface area contributed by atoms with E-state index in [4.69, 9.17) is 4.42 Å². The molecule has 2 amide bonds. The first kappa shape index (κ1) is 19.6. The van der Waals surface area contributed by atoms with Crippen LogP contribution in [-0.2, 0) is 19.4 Å². The summed E-state index contributed by atoms with van der Waals surface area (Å²) < 4.78 is 44.0. The van der Waals surface area contributed by atoms with Crippen LogP contribution >= 0.6 is 0 Å². The molecule has 1 aromatic heterocycles. The van der Waals surface area contributed by atoms with E-state index >= 15 is 0 Å². The summed E-state index contributed by atoms with van der Waals surface area (Å²) in [5, 5.41) is 3.45. The minimum absolute atomic E-state index is 0.0962. The van der Waals surface area contributed by atoms with E-state index in [0.29, 0.717) is 0 Å². The van der Waals surface area contributed by atoms with Gasteiger partial charge in [0, 0.05) is 12.6 Å². The van der Waals surface area contributed by atoms with Crippen molar-refractivity contribution in [2.45, 2.75) is 30.0 Å².